The molecule has 1 atom stereocenters. The Labute approximate surface area is 121 Å². The summed E-state index contributed by atoms with van der Waals surface area (Å²) in [5, 5.41) is 6.54. The molecule has 1 unspecified atom stereocenters. The molecular formula is C15H16BrN3. The van der Waals surface area contributed by atoms with E-state index in [1.807, 2.05) is 17.3 Å². The highest BCUT2D eigenvalue weighted by atomic mass is 79.9. The van der Waals surface area contributed by atoms with E-state index in [-0.39, 0.29) is 6.04 Å². The van der Waals surface area contributed by atoms with Gasteiger partial charge in [-0.15, -0.1) is 0 Å². The first-order chi connectivity index (χ1) is 9.28. The molecule has 0 aromatic heterocycles. The summed E-state index contributed by atoms with van der Waals surface area (Å²) in [6.45, 7) is 2.19. The van der Waals surface area contributed by atoms with Crippen molar-refractivity contribution in [3.8, 4) is 0 Å². The van der Waals surface area contributed by atoms with Crippen molar-refractivity contribution in [2.45, 2.75) is 25.8 Å². The Hall–Kier alpha value is -1.39. The van der Waals surface area contributed by atoms with Crippen molar-refractivity contribution in [2.24, 2.45) is 5.10 Å². The van der Waals surface area contributed by atoms with Gasteiger partial charge in [0.05, 0.1) is 17.4 Å². The molecule has 2 aliphatic rings. The monoisotopic (exact) mass is 317 g/mol. The minimum Gasteiger partial charge on any atom is -0.200 e. The fraction of sp³-hybridized carbons (Fsp3) is 0.267. The zero-order valence-corrected chi connectivity index (χ0v) is 12.4. The molecule has 4 heteroatoms. The Morgan fingerprint density at radius 3 is 3.05 bits per heavy atom. The number of nitrogens with zero attached hydrogens (tertiary/aromatic N) is 2. The van der Waals surface area contributed by atoms with Gasteiger partial charge in [0.2, 0.25) is 0 Å². The molecule has 3 nitrogen and oxygen atoms in total. The zero-order chi connectivity index (χ0) is 13.2. The van der Waals surface area contributed by atoms with Gasteiger partial charge in [-0.1, -0.05) is 53.6 Å². The highest BCUT2D eigenvalue weighted by Gasteiger charge is 2.25. The maximum Gasteiger partial charge on any atom is 0.0905 e. The largest absolute Gasteiger partial charge is 0.200 e. The van der Waals surface area contributed by atoms with Gasteiger partial charge in [0.15, 0.2) is 0 Å². The van der Waals surface area contributed by atoms with E-state index in [2.05, 4.69) is 63.7 Å². The van der Waals surface area contributed by atoms with Crippen LogP contribution in [-0.2, 0) is 6.42 Å². The average molecular weight is 318 g/mol. The van der Waals surface area contributed by atoms with Crippen LogP contribution in [0.1, 0.15) is 18.9 Å². The van der Waals surface area contributed by atoms with Crippen LogP contribution < -0.4 is 10.5 Å². The van der Waals surface area contributed by atoms with Crippen LogP contribution in [-0.4, -0.2) is 11.8 Å². The molecule has 3 rings (SSSR count). The zero-order valence-electron chi connectivity index (χ0n) is 10.8. The van der Waals surface area contributed by atoms with E-state index in [0.717, 1.165) is 28.7 Å². The lowest BCUT2D eigenvalue weighted by atomic mass is 10.1. The number of halogens is 1. The van der Waals surface area contributed by atoms with Crippen LogP contribution in [0.4, 0.5) is 5.69 Å². The van der Waals surface area contributed by atoms with Gasteiger partial charge in [-0.05, 0) is 30.2 Å². The molecule has 19 heavy (non-hydrogen) atoms. The van der Waals surface area contributed by atoms with Gasteiger partial charge in [0.1, 0.15) is 0 Å². The van der Waals surface area contributed by atoms with Crippen molar-refractivity contribution < 1.29 is 0 Å². The molecule has 1 aliphatic carbocycles. The molecule has 1 aromatic rings. The first-order valence-electron chi connectivity index (χ1n) is 6.56. The Bertz CT molecular complexity index is 575. The molecule has 1 N–H and O–H groups in total. The lowest BCUT2D eigenvalue weighted by molar-refractivity contribution is 0.693. The van der Waals surface area contributed by atoms with E-state index in [1.165, 1.54) is 5.56 Å². The summed E-state index contributed by atoms with van der Waals surface area (Å²) in [4.78, 5) is 0. The Kier molecular flexibility index (Phi) is 3.53. The Morgan fingerprint density at radius 1 is 1.37 bits per heavy atom. The first kappa shape index (κ1) is 12.6. The van der Waals surface area contributed by atoms with E-state index >= 15 is 0 Å². The summed E-state index contributed by atoms with van der Waals surface area (Å²) in [5.41, 5.74) is 6.91. The molecule has 0 saturated carbocycles. The number of anilines is 1. The predicted octanol–water partition coefficient (Wildman–Crippen LogP) is 3.58. The Morgan fingerprint density at radius 2 is 2.26 bits per heavy atom. The number of allylic oxidation sites excluding steroid dienone is 2. The summed E-state index contributed by atoms with van der Waals surface area (Å²) >= 11 is 3.54. The predicted molar refractivity (Wildman–Crippen MR) is 83.3 cm³/mol. The van der Waals surface area contributed by atoms with Gasteiger partial charge in [0, 0.05) is 4.47 Å². The number of fused-ring (bicyclic) bond motifs is 1. The molecular weight excluding hydrogens is 302 g/mol. The van der Waals surface area contributed by atoms with Crippen LogP contribution in [0.5, 0.6) is 0 Å². The van der Waals surface area contributed by atoms with Crippen molar-refractivity contribution in [3.63, 3.8) is 0 Å². The molecule has 0 bridgehead atoms. The fourth-order valence-corrected chi connectivity index (χ4v) is 2.70. The third-order valence-corrected chi connectivity index (χ3v) is 3.77. The number of hydrazone groups is 1. The lowest BCUT2D eigenvalue weighted by Crippen LogP contribution is -2.37. The van der Waals surface area contributed by atoms with Crippen LogP contribution in [0.25, 0.3) is 0 Å². The second-order valence-electron chi connectivity index (χ2n) is 4.71. The van der Waals surface area contributed by atoms with E-state index in [4.69, 9.17) is 0 Å². The average Bonchev–Trinajstić information content (AvgIpc) is 2.84. The van der Waals surface area contributed by atoms with Crippen LogP contribution in [0.2, 0.25) is 0 Å². The molecule has 0 radical (unpaired) electrons. The van der Waals surface area contributed by atoms with E-state index in [9.17, 15) is 0 Å². The lowest BCUT2D eigenvalue weighted by Gasteiger charge is -2.20. The molecule has 0 fully saturated rings. The SMILES string of the molecule is CCCc1ccc(Br)cc1N1N=C2C=CC=CC2N1. The maximum absolute atomic E-state index is 4.64. The maximum atomic E-state index is 4.64. The number of hydrazine groups is 1. The van der Waals surface area contributed by atoms with Crippen molar-refractivity contribution in [3.05, 3.63) is 52.5 Å². The number of nitrogens with one attached hydrogen (secondary N) is 1. The van der Waals surface area contributed by atoms with Gasteiger partial charge in [-0.3, -0.25) is 0 Å². The van der Waals surface area contributed by atoms with Crippen molar-refractivity contribution in [1.82, 2.24) is 5.43 Å². The number of benzene rings is 1. The summed E-state index contributed by atoms with van der Waals surface area (Å²) in [7, 11) is 0. The molecule has 98 valence electrons. The number of rotatable bonds is 3. The molecule has 0 saturated heterocycles. The molecule has 1 heterocycles. The van der Waals surface area contributed by atoms with E-state index < -0.39 is 0 Å². The summed E-state index contributed by atoms with van der Waals surface area (Å²) < 4.78 is 1.07. The summed E-state index contributed by atoms with van der Waals surface area (Å²) in [6, 6.07) is 6.56. The molecule has 0 amide bonds. The number of hydrogen-bond acceptors (Lipinski definition) is 3. The van der Waals surface area contributed by atoms with E-state index in [1.54, 1.807) is 0 Å². The van der Waals surface area contributed by atoms with Crippen LogP contribution in [0.15, 0.2) is 52.1 Å². The number of aryl methyl sites for hydroxylation is 1. The van der Waals surface area contributed by atoms with Crippen molar-refractivity contribution in [2.75, 3.05) is 5.12 Å². The van der Waals surface area contributed by atoms with Crippen LogP contribution >= 0.6 is 15.9 Å². The summed E-state index contributed by atoms with van der Waals surface area (Å²) in [6.07, 6.45) is 10.4. The summed E-state index contributed by atoms with van der Waals surface area (Å²) in [5.74, 6) is 0. The van der Waals surface area contributed by atoms with Crippen LogP contribution in [0, 0.1) is 0 Å². The Balaban J connectivity index is 1.95. The minimum absolute atomic E-state index is 0.193. The quantitative estimate of drug-likeness (QED) is 0.922. The van der Waals surface area contributed by atoms with E-state index in [0.29, 0.717) is 0 Å². The third kappa shape index (κ3) is 2.51. The van der Waals surface area contributed by atoms with Gasteiger partial charge < -0.3 is 0 Å². The normalized spacial score (nSPS) is 20.6. The standard InChI is InChI=1S/C15H16BrN3/c1-2-5-11-8-9-12(16)10-15(11)19-17-13-6-3-4-7-14(13)18-19/h3-4,6-10,13,17H,2,5H2,1H3. The van der Waals surface area contributed by atoms with Gasteiger partial charge in [0.25, 0.3) is 0 Å². The molecule has 1 aromatic carbocycles. The second kappa shape index (κ2) is 5.31. The fourth-order valence-electron chi connectivity index (χ4n) is 2.35. The highest BCUT2D eigenvalue weighted by molar-refractivity contribution is 9.10. The van der Waals surface area contributed by atoms with Crippen molar-refractivity contribution in [1.29, 1.82) is 0 Å². The van der Waals surface area contributed by atoms with Crippen molar-refractivity contribution >= 4 is 27.3 Å². The minimum atomic E-state index is 0.193. The van der Waals surface area contributed by atoms with Gasteiger partial charge >= 0.3 is 0 Å². The third-order valence-electron chi connectivity index (χ3n) is 3.27. The first-order valence-corrected chi connectivity index (χ1v) is 7.35. The molecule has 0 spiro atoms. The second-order valence-corrected chi connectivity index (χ2v) is 5.63. The highest BCUT2D eigenvalue weighted by Crippen LogP contribution is 2.28. The topological polar surface area (TPSA) is 27.6 Å². The number of hydrogen-bond donors (Lipinski definition) is 1. The van der Waals surface area contributed by atoms with Gasteiger partial charge in [-0.25, -0.2) is 0 Å². The van der Waals surface area contributed by atoms with Gasteiger partial charge in [-0.2, -0.15) is 15.6 Å². The molecule has 1 aliphatic heterocycles. The smallest absolute Gasteiger partial charge is 0.0905 e. The van der Waals surface area contributed by atoms with Crippen LogP contribution in [0.3, 0.4) is 0 Å².